The zero-order valence-electron chi connectivity index (χ0n) is 23.6. The largest absolute Gasteiger partial charge is 0.352 e. The standard InChI is InChI=1S/C31H39N3O4S/c1-22(2)32-31(36)29(19-26-10-8-7-9-11-26)33(20-27-16-13-23(3)14-17-27)30(35)21-34(39(6,37)38)28-18-24(4)12-15-25(28)5/h7-18,22,29H,19-21H2,1-6H3,(H,32,36). The Morgan fingerprint density at radius 3 is 2.05 bits per heavy atom. The van der Waals surface area contributed by atoms with Crippen molar-refractivity contribution in [1.29, 1.82) is 0 Å². The summed E-state index contributed by atoms with van der Waals surface area (Å²) >= 11 is 0. The molecule has 3 aromatic carbocycles. The Hall–Kier alpha value is -3.65. The van der Waals surface area contributed by atoms with Crippen LogP contribution in [0, 0.1) is 20.8 Å². The molecule has 0 aliphatic rings. The number of anilines is 1. The van der Waals surface area contributed by atoms with Crippen molar-refractivity contribution in [1.82, 2.24) is 10.2 Å². The first kappa shape index (κ1) is 29.9. The molecule has 0 saturated heterocycles. The van der Waals surface area contributed by atoms with Gasteiger partial charge in [-0.3, -0.25) is 13.9 Å². The third-order valence-corrected chi connectivity index (χ3v) is 7.61. The van der Waals surface area contributed by atoms with E-state index >= 15 is 0 Å². The van der Waals surface area contributed by atoms with E-state index in [1.807, 2.05) is 101 Å². The molecule has 1 atom stereocenters. The number of hydrogen-bond acceptors (Lipinski definition) is 4. The molecule has 8 heteroatoms. The maximum Gasteiger partial charge on any atom is 0.244 e. The molecule has 0 bridgehead atoms. The molecule has 39 heavy (non-hydrogen) atoms. The molecule has 3 rings (SSSR count). The Balaban J connectivity index is 2.07. The van der Waals surface area contributed by atoms with Crippen LogP contribution in [0.1, 0.15) is 41.7 Å². The van der Waals surface area contributed by atoms with Crippen LogP contribution < -0.4 is 9.62 Å². The second kappa shape index (κ2) is 12.9. The van der Waals surface area contributed by atoms with Crippen LogP contribution in [0.15, 0.2) is 72.8 Å². The highest BCUT2D eigenvalue weighted by Gasteiger charge is 2.33. The van der Waals surface area contributed by atoms with E-state index in [2.05, 4.69) is 5.32 Å². The molecule has 0 aliphatic heterocycles. The van der Waals surface area contributed by atoms with E-state index in [1.54, 1.807) is 6.07 Å². The normalized spacial score (nSPS) is 12.2. The molecule has 1 N–H and O–H groups in total. The first-order valence-electron chi connectivity index (χ1n) is 13.1. The molecule has 2 amide bonds. The summed E-state index contributed by atoms with van der Waals surface area (Å²) in [5.41, 5.74) is 4.90. The van der Waals surface area contributed by atoms with Gasteiger partial charge in [0.25, 0.3) is 0 Å². The molecular formula is C31H39N3O4S. The number of aryl methyl sites for hydroxylation is 3. The highest BCUT2D eigenvalue weighted by atomic mass is 32.2. The smallest absolute Gasteiger partial charge is 0.244 e. The Morgan fingerprint density at radius 1 is 0.846 bits per heavy atom. The second-order valence-corrected chi connectivity index (χ2v) is 12.3. The molecule has 0 aliphatic carbocycles. The van der Waals surface area contributed by atoms with Gasteiger partial charge in [-0.2, -0.15) is 0 Å². The van der Waals surface area contributed by atoms with Crippen molar-refractivity contribution in [2.24, 2.45) is 0 Å². The van der Waals surface area contributed by atoms with Gasteiger partial charge in [0.15, 0.2) is 0 Å². The van der Waals surface area contributed by atoms with Gasteiger partial charge in [-0.05, 0) is 62.9 Å². The predicted octanol–water partition coefficient (Wildman–Crippen LogP) is 4.54. The molecule has 0 spiro atoms. The molecular weight excluding hydrogens is 510 g/mol. The third kappa shape index (κ3) is 8.42. The van der Waals surface area contributed by atoms with Crippen molar-refractivity contribution in [3.05, 3.63) is 101 Å². The first-order valence-corrected chi connectivity index (χ1v) is 14.9. The maximum atomic E-state index is 14.1. The van der Waals surface area contributed by atoms with Crippen LogP contribution in [-0.4, -0.2) is 50.0 Å². The lowest BCUT2D eigenvalue weighted by Gasteiger charge is -2.34. The zero-order chi connectivity index (χ0) is 28.7. The van der Waals surface area contributed by atoms with E-state index in [9.17, 15) is 18.0 Å². The summed E-state index contributed by atoms with van der Waals surface area (Å²) in [5.74, 6) is -0.742. The Morgan fingerprint density at radius 2 is 1.46 bits per heavy atom. The minimum atomic E-state index is -3.80. The Kier molecular flexibility index (Phi) is 9.92. The lowest BCUT2D eigenvalue weighted by atomic mass is 10.0. The minimum Gasteiger partial charge on any atom is -0.352 e. The number of nitrogens with zero attached hydrogens (tertiary/aromatic N) is 2. The molecule has 0 aromatic heterocycles. The lowest BCUT2D eigenvalue weighted by molar-refractivity contribution is -0.140. The quantitative estimate of drug-likeness (QED) is 0.380. The van der Waals surface area contributed by atoms with Gasteiger partial charge in [0.05, 0.1) is 11.9 Å². The van der Waals surface area contributed by atoms with Crippen molar-refractivity contribution in [2.45, 2.75) is 59.7 Å². The summed E-state index contributed by atoms with van der Waals surface area (Å²) < 4.78 is 27.1. The van der Waals surface area contributed by atoms with Crippen LogP contribution in [0.2, 0.25) is 0 Å². The topological polar surface area (TPSA) is 86.8 Å². The summed E-state index contributed by atoms with van der Waals surface area (Å²) in [4.78, 5) is 29.2. The van der Waals surface area contributed by atoms with Crippen LogP contribution in [-0.2, 0) is 32.6 Å². The van der Waals surface area contributed by atoms with Crippen LogP contribution >= 0.6 is 0 Å². The Bertz CT molecular complexity index is 1390. The minimum absolute atomic E-state index is 0.130. The van der Waals surface area contributed by atoms with Gasteiger partial charge < -0.3 is 10.2 Å². The second-order valence-electron chi connectivity index (χ2n) is 10.4. The van der Waals surface area contributed by atoms with Gasteiger partial charge in [0, 0.05) is 19.0 Å². The van der Waals surface area contributed by atoms with E-state index in [-0.39, 0.29) is 18.5 Å². The molecule has 3 aromatic rings. The van der Waals surface area contributed by atoms with Crippen molar-refractivity contribution in [2.75, 3.05) is 17.1 Å². The van der Waals surface area contributed by atoms with Crippen LogP contribution in [0.25, 0.3) is 0 Å². The number of rotatable bonds is 11. The highest BCUT2D eigenvalue weighted by Crippen LogP contribution is 2.25. The average Bonchev–Trinajstić information content (AvgIpc) is 2.86. The van der Waals surface area contributed by atoms with Crippen LogP contribution in [0.4, 0.5) is 5.69 Å². The van der Waals surface area contributed by atoms with E-state index in [0.29, 0.717) is 12.1 Å². The monoisotopic (exact) mass is 549 g/mol. The van der Waals surface area contributed by atoms with Gasteiger partial charge in [-0.15, -0.1) is 0 Å². The van der Waals surface area contributed by atoms with E-state index in [1.165, 1.54) is 4.90 Å². The number of sulfonamides is 1. The molecule has 0 heterocycles. The van der Waals surface area contributed by atoms with Crippen LogP contribution in [0.5, 0.6) is 0 Å². The van der Waals surface area contributed by atoms with Crippen LogP contribution in [0.3, 0.4) is 0 Å². The SMILES string of the molecule is Cc1ccc(CN(C(=O)CN(c2cc(C)ccc2C)S(C)(=O)=O)C(Cc2ccccc2)C(=O)NC(C)C)cc1. The van der Waals surface area contributed by atoms with Crippen molar-refractivity contribution >= 4 is 27.5 Å². The summed E-state index contributed by atoms with van der Waals surface area (Å²) in [5, 5.41) is 2.96. The number of amides is 2. The van der Waals surface area contributed by atoms with E-state index < -0.39 is 28.5 Å². The third-order valence-electron chi connectivity index (χ3n) is 6.49. The fourth-order valence-corrected chi connectivity index (χ4v) is 5.31. The van der Waals surface area contributed by atoms with Gasteiger partial charge in [-0.1, -0.05) is 72.3 Å². The molecule has 1 unspecified atom stereocenters. The molecule has 0 radical (unpaired) electrons. The van der Waals surface area contributed by atoms with E-state index in [0.717, 1.165) is 38.4 Å². The van der Waals surface area contributed by atoms with Gasteiger partial charge in [0.1, 0.15) is 12.6 Å². The fraction of sp³-hybridized carbons (Fsp3) is 0.355. The number of carbonyl (C=O) groups is 2. The van der Waals surface area contributed by atoms with Crippen molar-refractivity contribution in [3.63, 3.8) is 0 Å². The average molecular weight is 550 g/mol. The van der Waals surface area contributed by atoms with Crippen molar-refractivity contribution < 1.29 is 18.0 Å². The highest BCUT2D eigenvalue weighted by molar-refractivity contribution is 7.92. The van der Waals surface area contributed by atoms with Crippen molar-refractivity contribution in [3.8, 4) is 0 Å². The van der Waals surface area contributed by atoms with Gasteiger partial charge in [0.2, 0.25) is 21.8 Å². The molecule has 0 saturated carbocycles. The summed E-state index contributed by atoms with van der Waals surface area (Å²) in [7, 11) is -3.80. The number of carbonyl (C=O) groups excluding carboxylic acids is 2. The number of nitrogens with one attached hydrogen (secondary N) is 1. The molecule has 7 nitrogen and oxygen atoms in total. The summed E-state index contributed by atoms with van der Waals surface area (Å²) in [6.45, 7) is 9.15. The van der Waals surface area contributed by atoms with Gasteiger partial charge >= 0.3 is 0 Å². The zero-order valence-corrected chi connectivity index (χ0v) is 24.5. The van der Waals surface area contributed by atoms with Gasteiger partial charge in [-0.25, -0.2) is 8.42 Å². The predicted molar refractivity (Wildman–Crippen MR) is 157 cm³/mol. The number of benzene rings is 3. The summed E-state index contributed by atoms with van der Waals surface area (Å²) in [6, 6.07) is 21.8. The molecule has 0 fully saturated rings. The molecule has 208 valence electrons. The summed E-state index contributed by atoms with van der Waals surface area (Å²) in [6.07, 6.45) is 1.39. The number of hydrogen-bond donors (Lipinski definition) is 1. The van der Waals surface area contributed by atoms with E-state index in [4.69, 9.17) is 0 Å². The fourth-order valence-electron chi connectivity index (χ4n) is 4.41. The first-order chi connectivity index (χ1) is 18.3. The Labute approximate surface area is 232 Å². The maximum absolute atomic E-state index is 14.1. The lowest BCUT2D eigenvalue weighted by Crippen LogP contribution is -2.54.